The lowest BCUT2D eigenvalue weighted by Crippen LogP contribution is -2.11. The highest BCUT2D eigenvalue weighted by atomic mass is 35.5. The molecule has 0 aliphatic carbocycles. The van der Waals surface area contributed by atoms with Crippen LogP contribution >= 0.6 is 23.8 Å². The first kappa shape index (κ1) is 15.2. The molecule has 0 aliphatic heterocycles. The molecule has 0 aliphatic rings. The molecule has 0 saturated carbocycles. The second-order valence-corrected chi connectivity index (χ2v) is 4.92. The molecule has 0 bridgehead atoms. The highest BCUT2D eigenvalue weighted by Gasteiger charge is 2.12. The summed E-state index contributed by atoms with van der Waals surface area (Å²) in [5.41, 5.74) is 1.20. The van der Waals surface area contributed by atoms with Gasteiger partial charge >= 0.3 is 0 Å². The number of rotatable bonds is 4. The smallest absolute Gasteiger partial charge is 0.270 e. The number of methoxy groups -OCH3 is 1. The van der Waals surface area contributed by atoms with Gasteiger partial charge in [-0.15, -0.1) is 0 Å². The van der Waals surface area contributed by atoms with Crippen molar-refractivity contribution in [3.8, 4) is 5.75 Å². The summed E-state index contributed by atoms with van der Waals surface area (Å²) in [5, 5.41) is 13.9. The molecule has 0 heterocycles. The van der Waals surface area contributed by atoms with Gasteiger partial charge in [-0.25, -0.2) is 0 Å². The molecule has 0 unspecified atom stereocenters. The Hall–Kier alpha value is -2.18. The second-order valence-electron chi connectivity index (χ2n) is 4.11. The zero-order valence-electron chi connectivity index (χ0n) is 11.0. The van der Waals surface area contributed by atoms with Crippen molar-refractivity contribution in [1.82, 2.24) is 0 Å². The van der Waals surface area contributed by atoms with Gasteiger partial charge in [0.05, 0.1) is 17.1 Å². The minimum absolute atomic E-state index is 0.0760. The fraction of sp³-hybridized carbons (Fsp3) is 0.0714. The van der Waals surface area contributed by atoms with Crippen LogP contribution in [0.15, 0.2) is 42.5 Å². The van der Waals surface area contributed by atoms with E-state index in [9.17, 15) is 10.1 Å². The van der Waals surface area contributed by atoms with E-state index in [1.165, 1.54) is 18.2 Å². The van der Waals surface area contributed by atoms with Gasteiger partial charge in [-0.1, -0.05) is 29.9 Å². The summed E-state index contributed by atoms with van der Waals surface area (Å²) in [7, 11) is 1.57. The molecule has 0 fully saturated rings. The minimum Gasteiger partial charge on any atom is -0.497 e. The second kappa shape index (κ2) is 6.51. The predicted octanol–water partition coefficient (Wildman–Crippen LogP) is 4.04. The number of hydrogen-bond donors (Lipinski definition) is 1. The van der Waals surface area contributed by atoms with Crippen molar-refractivity contribution in [3.05, 3.63) is 63.2 Å². The van der Waals surface area contributed by atoms with Crippen molar-refractivity contribution < 1.29 is 9.66 Å². The molecule has 7 heteroatoms. The van der Waals surface area contributed by atoms with Crippen LogP contribution < -0.4 is 10.1 Å². The number of halogens is 1. The summed E-state index contributed by atoms with van der Waals surface area (Å²) < 4.78 is 5.12. The molecule has 2 aromatic carbocycles. The first-order valence-electron chi connectivity index (χ1n) is 5.90. The van der Waals surface area contributed by atoms with Crippen LogP contribution in [0.4, 0.5) is 11.4 Å². The zero-order valence-corrected chi connectivity index (χ0v) is 12.6. The summed E-state index contributed by atoms with van der Waals surface area (Å²) >= 11 is 11.3. The van der Waals surface area contributed by atoms with E-state index >= 15 is 0 Å². The third-order valence-electron chi connectivity index (χ3n) is 2.74. The Balaban J connectivity index is 2.22. The molecule has 108 valence electrons. The summed E-state index contributed by atoms with van der Waals surface area (Å²) in [6.45, 7) is 0. The molecule has 0 radical (unpaired) electrons. The van der Waals surface area contributed by atoms with Crippen molar-refractivity contribution in [3.63, 3.8) is 0 Å². The average Bonchev–Trinajstić information content (AvgIpc) is 2.47. The number of benzene rings is 2. The SMILES string of the molecule is COc1cccc(NC(=S)c2ccc([N+](=O)[O-])cc2Cl)c1. The average molecular weight is 323 g/mol. The quantitative estimate of drug-likeness (QED) is 0.523. The van der Waals surface area contributed by atoms with E-state index in [4.69, 9.17) is 28.6 Å². The normalized spacial score (nSPS) is 10.0. The van der Waals surface area contributed by atoms with Gasteiger partial charge in [0.1, 0.15) is 10.7 Å². The van der Waals surface area contributed by atoms with Gasteiger partial charge in [-0.3, -0.25) is 10.1 Å². The van der Waals surface area contributed by atoms with Gasteiger partial charge in [0.2, 0.25) is 0 Å². The van der Waals surface area contributed by atoms with Crippen LogP contribution in [0.2, 0.25) is 5.02 Å². The van der Waals surface area contributed by atoms with E-state index in [-0.39, 0.29) is 10.7 Å². The highest BCUT2D eigenvalue weighted by molar-refractivity contribution is 7.81. The van der Waals surface area contributed by atoms with Gasteiger partial charge in [0, 0.05) is 29.4 Å². The Morgan fingerprint density at radius 2 is 2.10 bits per heavy atom. The molecule has 1 N–H and O–H groups in total. The minimum atomic E-state index is -0.506. The van der Waals surface area contributed by atoms with Crippen molar-refractivity contribution >= 4 is 40.2 Å². The maximum atomic E-state index is 10.7. The van der Waals surface area contributed by atoms with Gasteiger partial charge in [-0.05, 0) is 18.2 Å². The molecule has 2 aromatic rings. The number of nitro groups is 1. The van der Waals surface area contributed by atoms with Crippen LogP contribution in [-0.2, 0) is 0 Å². The Labute approximate surface area is 131 Å². The third kappa shape index (κ3) is 3.68. The Bertz CT molecular complexity index is 706. The number of non-ortho nitro benzene ring substituents is 1. The molecule has 0 spiro atoms. The lowest BCUT2D eigenvalue weighted by Gasteiger charge is -2.10. The fourth-order valence-electron chi connectivity index (χ4n) is 1.70. The zero-order chi connectivity index (χ0) is 15.4. The molecule has 0 saturated heterocycles. The number of hydrogen-bond acceptors (Lipinski definition) is 4. The Morgan fingerprint density at radius 3 is 2.71 bits per heavy atom. The van der Waals surface area contributed by atoms with E-state index in [1.807, 2.05) is 18.2 Å². The Kier molecular flexibility index (Phi) is 4.72. The predicted molar refractivity (Wildman–Crippen MR) is 86.4 cm³/mol. The van der Waals surface area contributed by atoms with Crippen molar-refractivity contribution in [2.45, 2.75) is 0 Å². The fourth-order valence-corrected chi connectivity index (χ4v) is 2.32. The number of nitro benzene ring substituents is 1. The summed E-state index contributed by atoms with van der Waals surface area (Å²) in [4.78, 5) is 10.6. The molecule has 0 atom stereocenters. The molecule has 5 nitrogen and oxygen atoms in total. The standard InChI is InChI=1S/C14H11ClN2O3S/c1-20-11-4-2-3-9(7-11)16-14(21)12-6-5-10(17(18)19)8-13(12)15/h2-8H,1H3,(H,16,21). The largest absolute Gasteiger partial charge is 0.497 e. The lowest BCUT2D eigenvalue weighted by atomic mass is 10.2. The number of anilines is 1. The maximum absolute atomic E-state index is 10.7. The summed E-state index contributed by atoms with van der Waals surface area (Å²) in [6.07, 6.45) is 0. The highest BCUT2D eigenvalue weighted by Crippen LogP contribution is 2.24. The van der Waals surface area contributed by atoms with E-state index in [0.29, 0.717) is 16.3 Å². The third-order valence-corrected chi connectivity index (χ3v) is 3.37. The number of ether oxygens (including phenoxy) is 1. The van der Waals surface area contributed by atoms with Crippen molar-refractivity contribution in [2.75, 3.05) is 12.4 Å². The van der Waals surface area contributed by atoms with Crippen LogP contribution in [0.25, 0.3) is 0 Å². The Morgan fingerprint density at radius 1 is 1.33 bits per heavy atom. The lowest BCUT2D eigenvalue weighted by molar-refractivity contribution is -0.384. The van der Waals surface area contributed by atoms with Gasteiger partial charge < -0.3 is 10.1 Å². The van der Waals surface area contributed by atoms with E-state index in [0.717, 1.165) is 5.69 Å². The van der Waals surface area contributed by atoms with Crippen LogP contribution in [0.5, 0.6) is 5.75 Å². The van der Waals surface area contributed by atoms with Crippen molar-refractivity contribution in [2.24, 2.45) is 0 Å². The summed E-state index contributed by atoms with van der Waals surface area (Å²) in [5.74, 6) is 0.692. The topological polar surface area (TPSA) is 64.4 Å². The molecule has 2 rings (SSSR count). The number of nitrogens with zero attached hydrogens (tertiary/aromatic N) is 1. The van der Waals surface area contributed by atoms with Crippen LogP contribution in [0.3, 0.4) is 0 Å². The molecule has 0 aromatic heterocycles. The molecular formula is C14H11ClN2O3S. The van der Waals surface area contributed by atoms with Crippen molar-refractivity contribution in [1.29, 1.82) is 0 Å². The van der Waals surface area contributed by atoms with E-state index in [2.05, 4.69) is 5.32 Å². The summed E-state index contributed by atoms with van der Waals surface area (Å²) in [6, 6.07) is 11.4. The number of nitrogens with one attached hydrogen (secondary N) is 1. The monoisotopic (exact) mass is 322 g/mol. The van der Waals surface area contributed by atoms with Gasteiger partial charge in [0.25, 0.3) is 5.69 Å². The van der Waals surface area contributed by atoms with Gasteiger partial charge in [0.15, 0.2) is 0 Å². The number of thiocarbonyl (C=S) groups is 1. The molecule has 0 amide bonds. The van der Waals surface area contributed by atoms with E-state index in [1.54, 1.807) is 13.2 Å². The molecular weight excluding hydrogens is 312 g/mol. The first-order valence-corrected chi connectivity index (χ1v) is 6.69. The first-order chi connectivity index (χ1) is 10.0. The maximum Gasteiger partial charge on any atom is 0.270 e. The van der Waals surface area contributed by atoms with Gasteiger partial charge in [-0.2, -0.15) is 0 Å². The van der Waals surface area contributed by atoms with Crippen LogP contribution in [0.1, 0.15) is 5.56 Å². The van der Waals surface area contributed by atoms with Crippen LogP contribution in [-0.4, -0.2) is 17.0 Å². The van der Waals surface area contributed by atoms with Crippen LogP contribution in [0, 0.1) is 10.1 Å². The van der Waals surface area contributed by atoms with E-state index < -0.39 is 4.92 Å². The molecule has 21 heavy (non-hydrogen) atoms.